The second kappa shape index (κ2) is 12.0. The van der Waals surface area contributed by atoms with E-state index in [4.69, 9.17) is 0 Å². The largest absolute Gasteiger partial charge is 0.459 e. The maximum Gasteiger partial charge on any atom is 0.429 e. The van der Waals surface area contributed by atoms with Gasteiger partial charge >= 0.3 is 6.11 Å². The quantitative estimate of drug-likeness (QED) is 0.191. The minimum atomic E-state index is -4.26. The van der Waals surface area contributed by atoms with E-state index in [9.17, 15) is 30.7 Å². The second-order valence-electron chi connectivity index (χ2n) is 8.00. The summed E-state index contributed by atoms with van der Waals surface area (Å²) >= 11 is 0. The average molecular weight is 512 g/mol. The van der Waals surface area contributed by atoms with Gasteiger partial charge in [0.05, 0.1) is 11.8 Å². The number of alkyl halides is 4. The molecule has 0 atom stereocenters. The highest BCUT2D eigenvalue weighted by Crippen LogP contribution is 2.36. The Bertz CT molecular complexity index is 1170. The zero-order valence-electron chi connectivity index (χ0n) is 19.2. The highest BCUT2D eigenvalue weighted by molar-refractivity contribution is 5.36. The van der Waals surface area contributed by atoms with Gasteiger partial charge in [-0.05, 0) is 48.1 Å². The Morgan fingerprint density at radius 3 is 1.89 bits per heavy atom. The molecule has 0 saturated heterocycles. The number of ether oxygens (including phenoxy) is 2. The number of aryl methyl sites for hydroxylation is 3. The van der Waals surface area contributed by atoms with Crippen molar-refractivity contribution in [1.29, 1.82) is 0 Å². The molecule has 0 N–H and O–H groups in total. The van der Waals surface area contributed by atoms with Crippen molar-refractivity contribution in [1.82, 2.24) is 0 Å². The minimum Gasteiger partial charge on any atom is -0.459 e. The lowest BCUT2D eigenvalue weighted by molar-refractivity contribution is -0.187. The summed E-state index contributed by atoms with van der Waals surface area (Å²) in [5, 5.41) is 0. The predicted octanol–water partition coefficient (Wildman–Crippen LogP) is 8.13. The second-order valence-corrected chi connectivity index (χ2v) is 8.00. The van der Waals surface area contributed by atoms with Crippen molar-refractivity contribution in [2.45, 2.75) is 45.1 Å². The normalized spacial score (nSPS) is 11.9. The number of hydrogen-bond donors (Lipinski definition) is 0. The summed E-state index contributed by atoms with van der Waals surface area (Å²) in [6, 6.07) is 11.9. The van der Waals surface area contributed by atoms with Crippen LogP contribution in [0.5, 0.6) is 11.5 Å². The molecule has 0 spiro atoms. The summed E-state index contributed by atoms with van der Waals surface area (Å²) in [7, 11) is 0. The van der Waals surface area contributed by atoms with E-state index in [-0.39, 0.29) is 6.08 Å². The Hall–Kier alpha value is -3.49. The highest BCUT2D eigenvalue weighted by atomic mass is 19.3. The molecule has 0 radical (unpaired) electrons. The number of hydrogen-bond acceptors (Lipinski definition) is 2. The molecule has 36 heavy (non-hydrogen) atoms. The van der Waals surface area contributed by atoms with Crippen LogP contribution < -0.4 is 9.47 Å². The summed E-state index contributed by atoms with van der Waals surface area (Å²) in [6.45, 7) is 2.09. The molecule has 0 aromatic heterocycles. The Labute approximate surface area is 204 Å². The van der Waals surface area contributed by atoms with Crippen molar-refractivity contribution in [3.63, 3.8) is 0 Å². The Morgan fingerprint density at radius 2 is 1.33 bits per heavy atom. The van der Waals surface area contributed by atoms with Gasteiger partial charge in [-0.3, -0.25) is 0 Å². The summed E-state index contributed by atoms with van der Waals surface area (Å²) in [6.07, 6.45) is -3.59. The molecule has 0 saturated carbocycles. The molecule has 0 amide bonds. The molecular weight excluding hydrogens is 489 g/mol. The first-order valence-corrected chi connectivity index (χ1v) is 11.1. The van der Waals surface area contributed by atoms with Gasteiger partial charge in [0.2, 0.25) is 0 Å². The van der Waals surface area contributed by atoms with E-state index in [1.807, 2.05) is 24.3 Å². The number of halogens is 7. The predicted molar refractivity (Wildman–Crippen MR) is 121 cm³/mol. The zero-order valence-corrected chi connectivity index (χ0v) is 19.2. The first-order valence-electron chi connectivity index (χ1n) is 11.1. The van der Waals surface area contributed by atoms with Gasteiger partial charge in [-0.25, -0.2) is 22.0 Å². The van der Waals surface area contributed by atoms with Gasteiger partial charge in [-0.15, -0.1) is 0 Å². The maximum atomic E-state index is 14.6. The van der Waals surface area contributed by atoms with Crippen LogP contribution in [0.2, 0.25) is 0 Å². The van der Waals surface area contributed by atoms with Crippen LogP contribution in [0, 0.1) is 17.5 Å². The van der Waals surface area contributed by atoms with E-state index in [0.29, 0.717) is 36.8 Å². The topological polar surface area (TPSA) is 18.5 Å². The van der Waals surface area contributed by atoms with E-state index in [1.165, 1.54) is 11.6 Å². The lowest BCUT2D eigenvalue weighted by atomic mass is 10.0. The van der Waals surface area contributed by atoms with Crippen LogP contribution in [-0.2, 0) is 25.4 Å². The van der Waals surface area contributed by atoms with Gasteiger partial charge in [-0.2, -0.15) is 8.78 Å². The van der Waals surface area contributed by atoms with Crippen LogP contribution in [0.4, 0.5) is 30.7 Å². The van der Waals surface area contributed by atoms with Crippen molar-refractivity contribution in [2.24, 2.45) is 0 Å². The number of allylic oxidation sites excluding steroid dienone is 1. The van der Waals surface area contributed by atoms with Crippen molar-refractivity contribution >= 4 is 0 Å². The summed E-state index contributed by atoms with van der Waals surface area (Å²) in [5.74, 6) is -6.22. The van der Waals surface area contributed by atoms with Gasteiger partial charge in [0.1, 0.15) is 11.6 Å². The third-order valence-electron chi connectivity index (χ3n) is 5.24. The van der Waals surface area contributed by atoms with Crippen LogP contribution in [0.25, 0.3) is 0 Å². The van der Waals surface area contributed by atoms with Crippen molar-refractivity contribution in [3.05, 3.63) is 107 Å². The lowest BCUT2D eigenvalue weighted by Gasteiger charge is -2.20. The molecule has 0 aliphatic rings. The fraction of sp³-hybridized carbons (Fsp3) is 0.259. The molecule has 192 valence electrons. The molecule has 0 bridgehead atoms. The van der Waals surface area contributed by atoms with Crippen LogP contribution in [0.1, 0.15) is 35.6 Å². The SMILES string of the molecule is CCCc1ccc(CCc2ccc(C(F)(F)Oc3cc(F)c(O/C=C/C(F)F)c(F)c3)c(F)c2)cc1. The van der Waals surface area contributed by atoms with Gasteiger partial charge in [-0.1, -0.05) is 43.7 Å². The molecule has 2 nitrogen and oxygen atoms in total. The zero-order chi connectivity index (χ0) is 26.3. The molecule has 0 unspecified atom stereocenters. The molecule has 0 aliphatic carbocycles. The summed E-state index contributed by atoms with van der Waals surface area (Å²) < 4.78 is 105. The van der Waals surface area contributed by atoms with Crippen LogP contribution in [0.15, 0.2) is 66.9 Å². The average Bonchev–Trinajstić information content (AvgIpc) is 2.80. The van der Waals surface area contributed by atoms with Gasteiger partial charge in [0.25, 0.3) is 6.43 Å². The van der Waals surface area contributed by atoms with Crippen LogP contribution in [-0.4, -0.2) is 6.43 Å². The van der Waals surface area contributed by atoms with Crippen LogP contribution >= 0.6 is 0 Å². The van der Waals surface area contributed by atoms with E-state index in [1.54, 1.807) is 0 Å². The molecule has 0 fully saturated rings. The summed E-state index contributed by atoms with van der Waals surface area (Å²) in [4.78, 5) is 0. The van der Waals surface area contributed by atoms with Gasteiger partial charge in [0, 0.05) is 18.2 Å². The first-order chi connectivity index (χ1) is 17.1. The fourth-order valence-electron chi connectivity index (χ4n) is 3.48. The van der Waals surface area contributed by atoms with Gasteiger partial charge in [0.15, 0.2) is 17.4 Å². The molecule has 9 heteroatoms. The molecule has 3 aromatic carbocycles. The Balaban J connectivity index is 1.69. The standard InChI is InChI=1S/C27H23F7O2/c1-2-3-17-4-6-18(7-5-17)8-9-19-10-11-21(22(28)14-19)27(33,34)36-20-15-23(29)26(24(30)16-20)35-13-12-25(31)32/h4-7,10-16,25H,2-3,8-9H2,1H3/b13-12+. The van der Waals surface area contributed by atoms with E-state index in [2.05, 4.69) is 16.4 Å². The monoisotopic (exact) mass is 512 g/mol. The van der Waals surface area contributed by atoms with Crippen molar-refractivity contribution in [3.8, 4) is 11.5 Å². The van der Waals surface area contributed by atoms with Crippen LogP contribution in [0.3, 0.4) is 0 Å². The van der Waals surface area contributed by atoms with Crippen molar-refractivity contribution < 1.29 is 40.2 Å². The van der Waals surface area contributed by atoms with Crippen molar-refractivity contribution in [2.75, 3.05) is 0 Å². The minimum absolute atomic E-state index is 0.229. The molecule has 3 aromatic rings. The maximum absolute atomic E-state index is 14.6. The Kier molecular flexibility index (Phi) is 9.01. The lowest BCUT2D eigenvalue weighted by Crippen LogP contribution is -2.23. The molecule has 3 rings (SSSR count). The third kappa shape index (κ3) is 7.26. The number of benzene rings is 3. The molecular formula is C27H23F7O2. The third-order valence-corrected chi connectivity index (χ3v) is 5.24. The van der Waals surface area contributed by atoms with E-state index in [0.717, 1.165) is 30.5 Å². The Morgan fingerprint density at radius 1 is 0.778 bits per heavy atom. The van der Waals surface area contributed by atoms with E-state index >= 15 is 0 Å². The fourth-order valence-corrected chi connectivity index (χ4v) is 3.48. The van der Waals surface area contributed by atoms with E-state index < -0.39 is 47.0 Å². The highest BCUT2D eigenvalue weighted by Gasteiger charge is 2.38. The number of rotatable bonds is 11. The summed E-state index contributed by atoms with van der Waals surface area (Å²) in [5.41, 5.74) is 1.61. The van der Waals surface area contributed by atoms with Gasteiger partial charge < -0.3 is 9.47 Å². The molecule has 0 aliphatic heterocycles. The smallest absolute Gasteiger partial charge is 0.429 e. The first kappa shape index (κ1) is 27.1. The molecule has 0 heterocycles.